The van der Waals surface area contributed by atoms with Crippen molar-refractivity contribution >= 4 is 15.9 Å². The molecular weight excluding hydrogens is 264 g/mol. The minimum Gasteiger partial charge on any atom is -0.314 e. The summed E-state index contributed by atoms with van der Waals surface area (Å²) in [5.74, 6) is 0.836. The topological polar surface area (TPSA) is 24.1 Å². The van der Waals surface area contributed by atoms with Gasteiger partial charge in [0.05, 0.1) is 0 Å². The second-order valence-electron chi connectivity index (χ2n) is 5.16. The molecule has 1 aliphatic heterocycles. The summed E-state index contributed by atoms with van der Waals surface area (Å²) in [5.41, 5.74) is 0. The molecule has 2 fully saturated rings. The lowest BCUT2D eigenvalue weighted by atomic mass is 9.79. The Balaban J connectivity index is 1.88. The van der Waals surface area contributed by atoms with Crippen molar-refractivity contribution in [2.45, 2.75) is 50.6 Å². The molecule has 3 unspecified atom stereocenters. The van der Waals surface area contributed by atoms with Gasteiger partial charge in [-0.25, -0.2) is 0 Å². The third kappa shape index (κ3) is 3.31. The maximum absolute atomic E-state index is 3.90. The van der Waals surface area contributed by atoms with Crippen LogP contribution in [0.5, 0.6) is 0 Å². The molecule has 0 spiro atoms. The van der Waals surface area contributed by atoms with Crippen molar-refractivity contribution in [2.75, 3.05) is 13.1 Å². The first-order chi connectivity index (χ1) is 7.77. The number of hydrogen-bond acceptors (Lipinski definition) is 2. The second kappa shape index (κ2) is 6.18. The normalized spacial score (nSPS) is 35.2. The molecule has 1 heterocycles. The monoisotopic (exact) mass is 286 g/mol. The molecule has 1 saturated carbocycles. The summed E-state index contributed by atoms with van der Waals surface area (Å²) in [7, 11) is 0. The molecule has 0 aromatic rings. The van der Waals surface area contributed by atoms with E-state index in [1.165, 1.54) is 45.1 Å². The van der Waals surface area contributed by atoms with Gasteiger partial charge >= 0.3 is 0 Å². The van der Waals surface area contributed by atoms with E-state index in [0.29, 0.717) is 6.04 Å². The molecule has 0 bridgehead atoms. The quantitative estimate of drug-likeness (QED) is 0.831. The third-order valence-electron chi connectivity index (χ3n) is 3.99. The average Bonchev–Trinajstić information content (AvgIpc) is 2.80. The SMILES string of the molecule is C=C(Br)CNC1CCCCC1C1CCCN1. The number of rotatable bonds is 4. The molecule has 0 aromatic heterocycles. The molecule has 92 valence electrons. The fourth-order valence-corrected chi connectivity index (χ4v) is 3.38. The smallest absolute Gasteiger partial charge is 0.0268 e. The third-order valence-corrected chi connectivity index (χ3v) is 4.27. The molecule has 1 saturated heterocycles. The molecule has 2 N–H and O–H groups in total. The first-order valence-corrected chi connectivity index (χ1v) is 7.36. The number of nitrogens with one attached hydrogen (secondary N) is 2. The van der Waals surface area contributed by atoms with E-state index in [9.17, 15) is 0 Å². The zero-order valence-electron chi connectivity index (χ0n) is 9.97. The molecule has 2 rings (SSSR count). The summed E-state index contributed by atoms with van der Waals surface area (Å²) >= 11 is 3.43. The predicted molar refractivity (Wildman–Crippen MR) is 72.8 cm³/mol. The molecule has 0 amide bonds. The van der Waals surface area contributed by atoms with Crippen LogP contribution in [0.1, 0.15) is 38.5 Å². The fraction of sp³-hybridized carbons (Fsp3) is 0.846. The van der Waals surface area contributed by atoms with Crippen molar-refractivity contribution in [1.82, 2.24) is 10.6 Å². The Morgan fingerprint density at radius 2 is 2.06 bits per heavy atom. The highest BCUT2D eigenvalue weighted by Crippen LogP contribution is 2.30. The van der Waals surface area contributed by atoms with Gasteiger partial charge in [0, 0.05) is 23.1 Å². The highest BCUT2D eigenvalue weighted by atomic mass is 79.9. The van der Waals surface area contributed by atoms with Gasteiger partial charge in [0.1, 0.15) is 0 Å². The average molecular weight is 287 g/mol. The van der Waals surface area contributed by atoms with Gasteiger partial charge in [-0.1, -0.05) is 35.4 Å². The van der Waals surface area contributed by atoms with Crippen LogP contribution in [0.3, 0.4) is 0 Å². The van der Waals surface area contributed by atoms with Gasteiger partial charge in [-0.2, -0.15) is 0 Å². The van der Waals surface area contributed by atoms with Crippen LogP contribution in [-0.4, -0.2) is 25.2 Å². The van der Waals surface area contributed by atoms with E-state index in [1.54, 1.807) is 0 Å². The standard InChI is InChI=1S/C13H23BrN2/c1-10(14)9-16-13-6-3-2-5-11(13)12-7-4-8-15-12/h11-13,15-16H,1-9H2. The summed E-state index contributed by atoms with van der Waals surface area (Å²) < 4.78 is 1.07. The van der Waals surface area contributed by atoms with Crippen molar-refractivity contribution < 1.29 is 0 Å². The highest BCUT2D eigenvalue weighted by Gasteiger charge is 2.32. The second-order valence-corrected chi connectivity index (χ2v) is 6.28. The Morgan fingerprint density at radius 1 is 1.25 bits per heavy atom. The van der Waals surface area contributed by atoms with Crippen LogP contribution in [0.4, 0.5) is 0 Å². The zero-order chi connectivity index (χ0) is 11.4. The van der Waals surface area contributed by atoms with Crippen LogP contribution >= 0.6 is 15.9 Å². The van der Waals surface area contributed by atoms with Gasteiger partial charge in [0.25, 0.3) is 0 Å². The lowest BCUT2D eigenvalue weighted by Crippen LogP contribution is -2.47. The molecule has 0 aromatic carbocycles. The summed E-state index contributed by atoms with van der Waals surface area (Å²) in [6, 6.07) is 1.46. The zero-order valence-corrected chi connectivity index (χ0v) is 11.6. The van der Waals surface area contributed by atoms with Gasteiger partial charge in [-0.3, -0.25) is 0 Å². The van der Waals surface area contributed by atoms with Crippen molar-refractivity contribution in [3.63, 3.8) is 0 Å². The van der Waals surface area contributed by atoms with E-state index < -0.39 is 0 Å². The van der Waals surface area contributed by atoms with Gasteiger partial charge < -0.3 is 10.6 Å². The molecule has 3 atom stereocenters. The minimum atomic E-state index is 0.693. The van der Waals surface area contributed by atoms with Crippen LogP contribution in [0, 0.1) is 5.92 Å². The van der Waals surface area contributed by atoms with Gasteiger partial charge in [0.15, 0.2) is 0 Å². The molecule has 0 radical (unpaired) electrons. The summed E-state index contributed by atoms with van der Waals surface area (Å²) in [4.78, 5) is 0. The Kier molecular flexibility index (Phi) is 4.86. The Labute approximate surface area is 107 Å². The van der Waals surface area contributed by atoms with Crippen LogP contribution in [0.25, 0.3) is 0 Å². The van der Waals surface area contributed by atoms with Crippen LogP contribution in [0.2, 0.25) is 0 Å². The van der Waals surface area contributed by atoms with E-state index >= 15 is 0 Å². The Bertz CT molecular complexity index is 236. The number of halogens is 1. The van der Waals surface area contributed by atoms with E-state index in [-0.39, 0.29) is 0 Å². The largest absolute Gasteiger partial charge is 0.314 e. The molecule has 16 heavy (non-hydrogen) atoms. The van der Waals surface area contributed by atoms with E-state index in [1.807, 2.05) is 0 Å². The minimum absolute atomic E-state index is 0.693. The van der Waals surface area contributed by atoms with Crippen LogP contribution in [0.15, 0.2) is 11.1 Å². The summed E-state index contributed by atoms with van der Waals surface area (Å²) in [6.45, 7) is 6.03. The first kappa shape index (κ1) is 12.6. The fourth-order valence-electron chi connectivity index (χ4n) is 3.21. The first-order valence-electron chi connectivity index (χ1n) is 6.57. The maximum Gasteiger partial charge on any atom is 0.0268 e. The summed E-state index contributed by atoms with van der Waals surface area (Å²) in [5, 5.41) is 7.33. The summed E-state index contributed by atoms with van der Waals surface area (Å²) in [6.07, 6.45) is 8.26. The predicted octanol–water partition coefficient (Wildman–Crippen LogP) is 2.80. The number of hydrogen-bond donors (Lipinski definition) is 2. The van der Waals surface area contributed by atoms with Gasteiger partial charge in [-0.15, -0.1) is 0 Å². The van der Waals surface area contributed by atoms with Crippen molar-refractivity contribution in [1.29, 1.82) is 0 Å². The van der Waals surface area contributed by atoms with Gasteiger partial charge in [-0.05, 0) is 38.1 Å². The Hall–Kier alpha value is 0.140. The molecule has 2 aliphatic rings. The van der Waals surface area contributed by atoms with Crippen molar-refractivity contribution in [3.05, 3.63) is 11.1 Å². The van der Waals surface area contributed by atoms with Crippen LogP contribution in [-0.2, 0) is 0 Å². The van der Waals surface area contributed by atoms with Gasteiger partial charge in [0.2, 0.25) is 0 Å². The van der Waals surface area contributed by atoms with Crippen molar-refractivity contribution in [3.8, 4) is 0 Å². The van der Waals surface area contributed by atoms with E-state index in [2.05, 4.69) is 33.1 Å². The molecule has 2 nitrogen and oxygen atoms in total. The lowest BCUT2D eigenvalue weighted by molar-refractivity contribution is 0.219. The van der Waals surface area contributed by atoms with E-state index in [4.69, 9.17) is 0 Å². The van der Waals surface area contributed by atoms with Crippen LogP contribution < -0.4 is 10.6 Å². The Morgan fingerprint density at radius 3 is 2.75 bits per heavy atom. The van der Waals surface area contributed by atoms with E-state index in [0.717, 1.165) is 23.0 Å². The maximum atomic E-state index is 3.90. The molecule has 3 heteroatoms. The molecule has 1 aliphatic carbocycles. The lowest BCUT2D eigenvalue weighted by Gasteiger charge is -2.36. The highest BCUT2D eigenvalue weighted by molar-refractivity contribution is 9.11. The molecular formula is C13H23BrN2. The van der Waals surface area contributed by atoms with Crippen molar-refractivity contribution in [2.24, 2.45) is 5.92 Å².